The predicted octanol–water partition coefficient (Wildman–Crippen LogP) is 5.35. The van der Waals surface area contributed by atoms with Gasteiger partial charge in [-0.2, -0.15) is 0 Å². The molecule has 0 radical (unpaired) electrons. The van der Waals surface area contributed by atoms with E-state index in [1.165, 1.54) is 36.4 Å². The summed E-state index contributed by atoms with van der Waals surface area (Å²) in [5, 5.41) is 0.154. The largest absolute Gasteiger partial charge is 0.459 e. The fourth-order valence-corrected chi connectivity index (χ4v) is 5.14. The Hall–Kier alpha value is -5.61. The second-order valence-electron chi connectivity index (χ2n) is 10.2. The molecule has 0 saturated carbocycles. The molecule has 0 bridgehead atoms. The third kappa shape index (κ3) is 6.22. The molecule has 0 aliphatic carbocycles. The van der Waals surface area contributed by atoms with Gasteiger partial charge in [-0.25, -0.2) is 18.8 Å². The number of pyridine rings is 1. The van der Waals surface area contributed by atoms with Crippen LogP contribution in [0.2, 0.25) is 0 Å². The van der Waals surface area contributed by atoms with Gasteiger partial charge in [0.25, 0.3) is 5.56 Å². The number of ether oxygens (including phenoxy) is 4. The van der Waals surface area contributed by atoms with Gasteiger partial charge in [-0.3, -0.25) is 9.36 Å². The summed E-state index contributed by atoms with van der Waals surface area (Å²) in [6.45, 7) is -0.443. The summed E-state index contributed by atoms with van der Waals surface area (Å²) in [5.74, 6) is -2.98. The maximum Gasteiger partial charge on any atom is 0.338 e. The summed E-state index contributed by atoms with van der Waals surface area (Å²) in [7, 11) is 0. The van der Waals surface area contributed by atoms with E-state index in [9.17, 15) is 19.2 Å². The van der Waals surface area contributed by atoms with Gasteiger partial charge in [0.05, 0.1) is 22.1 Å². The third-order valence-electron chi connectivity index (χ3n) is 7.35. The van der Waals surface area contributed by atoms with Crippen LogP contribution in [0.25, 0.3) is 10.8 Å². The van der Waals surface area contributed by atoms with E-state index in [1.807, 2.05) is 0 Å². The molecule has 4 aromatic carbocycles. The zero-order valence-corrected chi connectivity index (χ0v) is 23.7. The van der Waals surface area contributed by atoms with Crippen LogP contribution in [0.5, 0.6) is 0 Å². The quantitative estimate of drug-likeness (QED) is 0.172. The zero-order chi connectivity index (χ0) is 31.3. The van der Waals surface area contributed by atoms with Crippen LogP contribution in [0.4, 0.5) is 4.39 Å². The molecule has 9 nitrogen and oxygen atoms in total. The van der Waals surface area contributed by atoms with E-state index in [0.29, 0.717) is 0 Å². The number of fused-ring (bicyclic) bond motifs is 1. The van der Waals surface area contributed by atoms with Gasteiger partial charge in [0.1, 0.15) is 18.5 Å². The van der Waals surface area contributed by atoms with Crippen molar-refractivity contribution < 1.29 is 37.7 Å². The van der Waals surface area contributed by atoms with Crippen LogP contribution in [-0.4, -0.2) is 47.4 Å². The van der Waals surface area contributed by atoms with Crippen LogP contribution in [0, 0.1) is 5.82 Å². The Morgan fingerprint density at radius 2 is 1.11 bits per heavy atom. The highest BCUT2D eigenvalue weighted by Crippen LogP contribution is 2.35. The Morgan fingerprint density at radius 1 is 0.644 bits per heavy atom. The number of hydrogen-bond donors (Lipinski definition) is 0. The molecular formula is C35H26FNO8. The first-order chi connectivity index (χ1) is 21.9. The average molecular weight is 608 g/mol. The summed E-state index contributed by atoms with van der Waals surface area (Å²) >= 11 is 0. The SMILES string of the molecule is O=C(OC[C@H]1O[C@@H](n2cc(F)c3ccccc3c2=O)C(OC(=O)c2ccccc2)C1OC(=O)c1ccccc1)c1ccccc1. The summed E-state index contributed by atoms with van der Waals surface area (Å²) in [6, 6.07) is 30.5. The van der Waals surface area contributed by atoms with Crippen LogP contribution in [-0.2, 0) is 18.9 Å². The summed E-state index contributed by atoms with van der Waals surface area (Å²) in [4.78, 5) is 53.1. The van der Waals surface area contributed by atoms with Gasteiger partial charge in [-0.05, 0) is 42.5 Å². The number of rotatable bonds is 8. The zero-order valence-electron chi connectivity index (χ0n) is 23.7. The van der Waals surface area contributed by atoms with Crippen LogP contribution in [0.1, 0.15) is 37.3 Å². The fraction of sp³-hybridized carbons (Fsp3) is 0.143. The van der Waals surface area contributed by atoms with Gasteiger partial charge in [0.2, 0.25) is 0 Å². The second-order valence-corrected chi connectivity index (χ2v) is 10.2. The number of carbonyl (C=O) groups excluding carboxylic acids is 3. The van der Waals surface area contributed by atoms with Crippen molar-refractivity contribution in [1.29, 1.82) is 0 Å². The fourth-order valence-electron chi connectivity index (χ4n) is 5.14. The van der Waals surface area contributed by atoms with Gasteiger partial charge in [-0.15, -0.1) is 0 Å². The minimum absolute atomic E-state index is 0.0611. The first-order valence-corrected chi connectivity index (χ1v) is 14.1. The molecule has 1 saturated heterocycles. The number of carbonyl (C=O) groups is 3. The molecule has 0 spiro atoms. The second kappa shape index (κ2) is 12.9. The minimum Gasteiger partial charge on any atom is -0.459 e. The highest BCUT2D eigenvalue weighted by Gasteiger charge is 2.51. The Labute approximate surface area is 256 Å². The lowest BCUT2D eigenvalue weighted by atomic mass is 10.1. The van der Waals surface area contributed by atoms with E-state index in [-0.39, 0.29) is 27.5 Å². The maximum atomic E-state index is 15.3. The van der Waals surface area contributed by atoms with E-state index in [4.69, 9.17) is 18.9 Å². The first-order valence-electron chi connectivity index (χ1n) is 14.1. The summed E-state index contributed by atoms with van der Waals surface area (Å²) in [6.07, 6.45) is -4.55. The van der Waals surface area contributed by atoms with Gasteiger partial charge in [-0.1, -0.05) is 72.8 Å². The Morgan fingerprint density at radius 3 is 1.67 bits per heavy atom. The average Bonchev–Trinajstić information content (AvgIpc) is 3.42. The number of halogens is 1. The van der Waals surface area contributed by atoms with E-state index >= 15 is 4.39 Å². The molecule has 2 heterocycles. The van der Waals surface area contributed by atoms with Crippen molar-refractivity contribution in [2.75, 3.05) is 6.61 Å². The smallest absolute Gasteiger partial charge is 0.338 e. The lowest BCUT2D eigenvalue weighted by Gasteiger charge is -2.25. The van der Waals surface area contributed by atoms with Crippen molar-refractivity contribution in [2.45, 2.75) is 24.5 Å². The standard InChI is InChI=1S/C35H26FNO8/c36-27-20-37(31(38)26-19-11-10-18-25(26)27)32-30(45-35(41)24-16-8-3-9-17-24)29(44-34(40)23-14-6-2-7-15-23)28(43-32)21-42-33(39)22-12-4-1-5-13-22/h1-20,28-30,32H,21H2/t28-,29?,30?,32-/m1/s1. The number of nitrogens with zero attached hydrogens (tertiary/aromatic N) is 1. The Kier molecular flexibility index (Phi) is 8.47. The molecule has 5 aromatic rings. The van der Waals surface area contributed by atoms with Crippen LogP contribution in [0.3, 0.4) is 0 Å². The third-order valence-corrected chi connectivity index (χ3v) is 7.35. The van der Waals surface area contributed by atoms with Crippen LogP contribution in [0.15, 0.2) is 126 Å². The first kappa shape index (κ1) is 29.5. The maximum absolute atomic E-state index is 15.3. The topological polar surface area (TPSA) is 110 Å². The molecule has 4 atom stereocenters. The molecule has 0 N–H and O–H groups in total. The van der Waals surface area contributed by atoms with E-state index < -0.39 is 60.4 Å². The van der Waals surface area contributed by atoms with Crippen molar-refractivity contribution in [1.82, 2.24) is 4.57 Å². The minimum atomic E-state index is -1.46. The molecule has 1 aliphatic rings. The predicted molar refractivity (Wildman–Crippen MR) is 160 cm³/mol. The molecule has 1 fully saturated rings. The lowest BCUT2D eigenvalue weighted by molar-refractivity contribution is -0.0635. The molecule has 10 heteroatoms. The van der Waals surface area contributed by atoms with Gasteiger partial charge < -0.3 is 18.9 Å². The van der Waals surface area contributed by atoms with Gasteiger partial charge >= 0.3 is 17.9 Å². The molecular weight excluding hydrogens is 581 g/mol. The summed E-state index contributed by atoms with van der Waals surface area (Å²) < 4.78 is 39.7. The highest BCUT2D eigenvalue weighted by molar-refractivity contribution is 5.91. The van der Waals surface area contributed by atoms with Crippen LogP contribution < -0.4 is 5.56 Å². The van der Waals surface area contributed by atoms with Crippen molar-refractivity contribution in [3.63, 3.8) is 0 Å². The Bertz CT molecular complexity index is 1900. The van der Waals surface area contributed by atoms with Crippen molar-refractivity contribution in [2.24, 2.45) is 0 Å². The number of esters is 3. The molecule has 0 amide bonds. The highest BCUT2D eigenvalue weighted by atomic mass is 19.1. The monoisotopic (exact) mass is 607 g/mol. The van der Waals surface area contributed by atoms with E-state index in [0.717, 1.165) is 10.8 Å². The number of aromatic nitrogens is 1. The lowest BCUT2D eigenvalue weighted by Crippen LogP contribution is -2.42. The van der Waals surface area contributed by atoms with Gasteiger partial charge in [0.15, 0.2) is 18.4 Å². The normalized spacial score (nSPS) is 19.1. The van der Waals surface area contributed by atoms with E-state index in [2.05, 4.69) is 0 Å². The van der Waals surface area contributed by atoms with Crippen molar-refractivity contribution in [3.8, 4) is 0 Å². The number of benzene rings is 4. The molecule has 45 heavy (non-hydrogen) atoms. The van der Waals surface area contributed by atoms with Crippen molar-refractivity contribution in [3.05, 3.63) is 154 Å². The molecule has 1 aromatic heterocycles. The molecule has 2 unspecified atom stereocenters. The Balaban J connectivity index is 1.41. The van der Waals surface area contributed by atoms with Crippen molar-refractivity contribution >= 4 is 28.7 Å². The summed E-state index contributed by atoms with van der Waals surface area (Å²) in [5.41, 5.74) is 0.0148. The number of hydrogen-bond acceptors (Lipinski definition) is 8. The van der Waals surface area contributed by atoms with Gasteiger partial charge in [0, 0.05) is 11.6 Å². The van der Waals surface area contributed by atoms with Crippen LogP contribution >= 0.6 is 0 Å². The molecule has 6 rings (SSSR count). The molecule has 226 valence electrons. The van der Waals surface area contributed by atoms with E-state index in [1.54, 1.807) is 78.9 Å². The molecule has 1 aliphatic heterocycles.